The van der Waals surface area contributed by atoms with Crippen LogP contribution in [0.2, 0.25) is 0 Å². The summed E-state index contributed by atoms with van der Waals surface area (Å²) in [5.41, 5.74) is 0.943. The predicted molar refractivity (Wildman–Crippen MR) is 87.6 cm³/mol. The van der Waals surface area contributed by atoms with Crippen molar-refractivity contribution < 1.29 is 8.42 Å². The van der Waals surface area contributed by atoms with Crippen molar-refractivity contribution in [1.29, 1.82) is 0 Å². The second-order valence-electron chi connectivity index (χ2n) is 5.61. The van der Waals surface area contributed by atoms with Crippen LogP contribution >= 0.6 is 11.8 Å². The first-order valence-electron chi connectivity index (χ1n) is 7.52. The molecule has 2 aliphatic rings. The molecule has 0 spiro atoms. The van der Waals surface area contributed by atoms with Crippen LogP contribution in [0.4, 0.5) is 0 Å². The molecule has 0 amide bonds. The lowest BCUT2D eigenvalue weighted by atomic mass is 10.0. The van der Waals surface area contributed by atoms with E-state index in [0.29, 0.717) is 11.3 Å². The van der Waals surface area contributed by atoms with E-state index in [4.69, 9.17) is 0 Å². The molecule has 0 bridgehead atoms. The maximum absolute atomic E-state index is 12.1. The zero-order chi connectivity index (χ0) is 14.7. The van der Waals surface area contributed by atoms with Crippen LogP contribution in [0.1, 0.15) is 18.0 Å². The third kappa shape index (κ3) is 3.62. The van der Waals surface area contributed by atoms with Gasteiger partial charge in [0, 0.05) is 43.7 Å². The molecule has 2 aliphatic heterocycles. The number of nitrogens with zero attached hydrogens (tertiary/aromatic N) is 1. The van der Waals surface area contributed by atoms with Gasteiger partial charge < -0.3 is 10.2 Å². The molecule has 0 saturated carbocycles. The Labute approximate surface area is 131 Å². The molecule has 116 valence electrons. The Balaban J connectivity index is 1.61. The van der Waals surface area contributed by atoms with Gasteiger partial charge in [0.2, 0.25) is 0 Å². The van der Waals surface area contributed by atoms with Crippen LogP contribution in [0.3, 0.4) is 0 Å². The summed E-state index contributed by atoms with van der Waals surface area (Å²) in [6, 6.07) is 7.59. The monoisotopic (exact) mass is 326 g/mol. The van der Waals surface area contributed by atoms with Crippen molar-refractivity contribution in [2.45, 2.75) is 17.4 Å². The Hall–Kier alpha value is -0.560. The number of rotatable bonds is 4. The normalized spacial score (nSPS) is 25.4. The first-order valence-corrected chi connectivity index (χ1v) is 10.3. The minimum Gasteiger partial charge on any atom is -0.309 e. The molecule has 21 heavy (non-hydrogen) atoms. The molecule has 1 saturated heterocycles. The Kier molecular flexibility index (Phi) is 4.88. The third-order valence-corrected chi connectivity index (χ3v) is 6.98. The van der Waals surface area contributed by atoms with Crippen molar-refractivity contribution in [3.63, 3.8) is 0 Å². The summed E-state index contributed by atoms with van der Waals surface area (Å²) in [5, 5.41) is 3.55. The van der Waals surface area contributed by atoms with Crippen LogP contribution in [-0.4, -0.2) is 56.8 Å². The average molecular weight is 326 g/mol. The molecule has 1 unspecified atom stereocenters. The fourth-order valence-electron chi connectivity index (χ4n) is 3.02. The van der Waals surface area contributed by atoms with Crippen molar-refractivity contribution in [3.05, 3.63) is 29.8 Å². The summed E-state index contributed by atoms with van der Waals surface area (Å²) in [6.45, 7) is 4.31. The van der Waals surface area contributed by atoms with Crippen molar-refractivity contribution in [1.82, 2.24) is 10.2 Å². The molecule has 1 aromatic carbocycles. The summed E-state index contributed by atoms with van der Waals surface area (Å²) in [5.74, 6) is 2.71. The van der Waals surface area contributed by atoms with Gasteiger partial charge in [0.1, 0.15) is 0 Å². The lowest BCUT2D eigenvalue weighted by Crippen LogP contribution is -2.39. The van der Waals surface area contributed by atoms with Gasteiger partial charge in [-0.05, 0) is 18.1 Å². The van der Waals surface area contributed by atoms with Crippen molar-refractivity contribution in [2.75, 3.05) is 43.4 Å². The van der Waals surface area contributed by atoms with Crippen LogP contribution < -0.4 is 5.32 Å². The van der Waals surface area contributed by atoms with Gasteiger partial charge in [-0.3, -0.25) is 0 Å². The van der Waals surface area contributed by atoms with E-state index in [1.165, 1.54) is 24.6 Å². The summed E-state index contributed by atoms with van der Waals surface area (Å²) >= 11 is 2.02. The van der Waals surface area contributed by atoms with E-state index in [9.17, 15) is 8.42 Å². The first-order chi connectivity index (χ1) is 10.2. The smallest absolute Gasteiger partial charge is 0.178 e. The molecule has 1 aromatic rings. The van der Waals surface area contributed by atoms with Gasteiger partial charge in [-0.15, -0.1) is 0 Å². The Morgan fingerprint density at radius 2 is 2.00 bits per heavy atom. The zero-order valence-corrected chi connectivity index (χ0v) is 13.8. The molecule has 1 N–H and O–H groups in total. The van der Waals surface area contributed by atoms with E-state index in [2.05, 4.69) is 10.2 Å². The molecular formula is C15H22N2O2S2. The number of benzene rings is 1. The highest BCUT2D eigenvalue weighted by molar-refractivity contribution is 7.99. The average Bonchev–Trinajstić information content (AvgIpc) is 2.51. The lowest BCUT2D eigenvalue weighted by Gasteiger charge is -2.29. The van der Waals surface area contributed by atoms with E-state index in [1.54, 1.807) is 6.07 Å². The van der Waals surface area contributed by atoms with E-state index in [1.807, 2.05) is 30.0 Å². The van der Waals surface area contributed by atoms with Crippen LogP contribution in [0.15, 0.2) is 29.2 Å². The molecule has 3 rings (SSSR count). The van der Waals surface area contributed by atoms with Crippen LogP contribution in [0.25, 0.3) is 0 Å². The molecule has 0 radical (unpaired) electrons. The SMILES string of the molecule is O=S1(=O)CCC(NCCN2CCSCC2)c2ccccc21. The molecule has 4 nitrogen and oxygen atoms in total. The van der Waals surface area contributed by atoms with Gasteiger partial charge in [0.25, 0.3) is 0 Å². The first kappa shape index (κ1) is 15.3. The molecule has 1 atom stereocenters. The molecule has 6 heteroatoms. The highest BCUT2D eigenvalue weighted by Gasteiger charge is 2.29. The van der Waals surface area contributed by atoms with E-state index in [0.717, 1.165) is 18.7 Å². The molecule has 2 heterocycles. The fourth-order valence-corrected chi connectivity index (χ4v) is 5.62. The lowest BCUT2D eigenvalue weighted by molar-refractivity contribution is 0.294. The molecular weight excluding hydrogens is 304 g/mol. The summed E-state index contributed by atoms with van der Waals surface area (Å²) in [7, 11) is -3.07. The van der Waals surface area contributed by atoms with Gasteiger partial charge in [0.15, 0.2) is 9.84 Å². The van der Waals surface area contributed by atoms with Crippen LogP contribution in [0, 0.1) is 0 Å². The minimum atomic E-state index is -3.07. The fraction of sp³-hybridized carbons (Fsp3) is 0.600. The number of hydrogen-bond donors (Lipinski definition) is 1. The van der Waals surface area contributed by atoms with E-state index in [-0.39, 0.29) is 11.8 Å². The van der Waals surface area contributed by atoms with Gasteiger partial charge in [-0.1, -0.05) is 18.2 Å². The van der Waals surface area contributed by atoms with E-state index < -0.39 is 9.84 Å². The van der Waals surface area contributed by atoms with E-state index >= 15 is 0 Å². The van der Waals surface area contributed by atoms with Gasteiger partial charge in [-0.25, -0.2) is 8.42 Å². The molecule has 0 aliphatic carbocycles. The Morgan fingerprint density at radius 3 is 2.81 bits per heavy atom. The van der Waals surface area contributed by atoms with Crippen LogP contribution in [-0.2, 0) is 9.84 Å². The second-order valence-corrected chi connectivity index (χ2v) is 8.91. The predicted octanol–water partition coefficient (Wildman–Crippen LogP) is 1.54. The standard InChI is InChI=1S/C15H22N2O2S2/c18-21(19)12-5-14(13-3-1-2-4-15(13)21)16-6-7-17-8-10-20-11-9-17/h1-4,14,16H,5-12H2. The quantitative estimate of drug-likeness (QED) is 0.910. The van der Waals surface area contributed by atoms with Crippen molar-refractivity contribution in [2.24, 2.45) is 0 Å². The largest absolute Gasteiger partial charge is 0.309 e. The summed E-state index contributed by atoms with van der Waals surface area (Å²) < 4.78 is 24.2. The molecule has 1 fully saturated rings. The summed E-state index contributed by atoms with van der Waals surface area (Å²) in [6.07, 6.45) is 0.676. The van der Waals surface area contributed by atoms with Crippen molar-refractivity contribution in [3.8, 4) is 0 Å². The van der Waals surface area contributed by atoms with Crippen LogP contribution in [0.5, 0.6) is 0 Å². The number of hydrogen-bond acceptors (Lipinski definition) is 5. The second kappa shape index (κ2) is 6.69. The Bertz CT molecular complexity index is 583. The minimum absolute atomic E-state index is 0.170. The topological polar surface area (TPSA) is 49.4 Å². The number of fused-ring (bicyclic) bond motifs is 1. The van der Waals surface area contributed by atoms with Gasteiger partial charge >= 0.3 is 0 Å². The zero-order valence-electron chi connectivity index (χ0n) is 12.1. The number of nitrogens with one attached hydrogen (secondary N) is 1. The third-order valence-electron chi connectivity index (χ3n) is 4.23. The molecule has 0 aromatic heterocycles. The maximum Gasteiger partial charge on any atom is 0.178 e. The van der Waals surface area contributed by atoms with Gasteiger partial charge in [-0.2, -0.15) is 11.8 Å². The highest BCUT2D eigenvalue weighted by atomic mass is 32.2. The summed E-state index contributed by atoms with van der Waals surface area (Å²) in [4.78, 5) is 3.00. The highest BCUT2D eigenvalue weighted by Crippen LogP contribution is 2.31. The number of sulfone groups is 1. The van der Waals surface area contributed by atoms with Gasteiger partial charge in [0.05, 0.1) is 10.6 Å². The van der Waals surface area contributed by atoms with Crippen molar-refractivity contribution >= 4 is 21.6 Å². The maximum atomic E-state index is 12.1. The Morgan fingerprint density at radius 1 is 1.24 bits per heavy atom. The number of thioether (sulfide) groups is 1.